The Morgan fingerprint density at radius 2 is 2.18 bits per heavy atom. The third-order valence-corrected chi connectivity index (χ3v) is 4.41. The van der Waals surface area contributed by atoms with Gasteiger partial charge in [0.1, 0.15) is 22.7 Å². The number of carbonyl (C=O) groups excluding carboxylic acids is 1. The minimum absolute atomic E-state index is 0.328. The Bertz CT molecular complexity index is 863. The van der Waals surface area contributed by atoms with Crippen LogP contribution in [0.25, 0.3) is 10.2 Å². The number of carbonyl (C=O) groups is 1. The van der Waals surface area contributed by atoms with Crippen LogP contribution in [0, 0.1) is 0 Å². The molecule has 3 aromatic rings. The number of rotatable bonds is 2. The van der Waals surface area contributed by atoms with Crippen molar-refractivity contribution < 1.29 is 9.53 Å². The maximum Gasteiger partial charge on any atom is 0.260 e. The van der Waals surface area contributed by atoms with Crippen LogP contribution in [0.5, 0.6) is 5.75 Å². The number of nitrogens with zero attached hydrogens (tertiary/aromatic N) is 3. The van der Waals surface area contributed by atoms with E-state index in [0.717, 1.165) is 21.7 Å². The second-order valence-electron chi connectivity index (χ2n) is 4.92. The van der Waals surface area contributed by atoms with Crippen molar-refractivity contribution in [1.29, 1.82) is 0 Å². The Morgan fingerprint density at radius 1 is 1.32 bits per heavy atom. The molecule has 1 amide bonds. The van der Waals surface area contributed by atoms with E-state index in [-0.39, 0.29) is 0 Å². The van der Waals surface area contributed by atoms with Gasteiger partial charge in [0.2, 0.25) is 0 Å². The largest absolute Gasteiger partial charge is 0.477 e. The second kappa shape index (κ2) is 4.96. The zero-order valence-corrected chi connectivity index (χ0v) is 12.3. The van der Waals surface area contributed by atoms with Crippen LogP contribution in [0.2, 0.25) is 0 Å². The molecule has 0 saturated heterocycles. The third kappa shape index (κ3) is 1.98. The molecule has 3 heterocycles. The molecule has 1 aliphatic rings. The summed E-state index contributed by atoms with van der Waals surface area (Å²) in [6, 6.07) is 9.52. The minimum Gasteiger partial charge on any atom is -0.477 e. The molecule has 7 heteroatoms. The van der Waals surface area contributed by atoms with Gasteiger partial charge in [0, 0.05) is 0 Å². The molecule has 0 aliphatic carbocycles. The number of anilines is 2. The molecule has 1 aliphatic heterocycles. The number of benzene rings is 1. The molecule has 4 rings (SSSR count). The number of nitrogens with two attached hydrogens (primary N) is 1. The second-order valence-corrected chi connectivity index (χ2v) is 5.82. The van der Waals surface area contributed by atoms with Crippen molar-refractivity contribution >= 4 is 39.0 Å². The summed E-state index contributed by atoms with van der Waals surface area (Å²) in [5.41, 5.74) is 6.30. The normalized spacial score (nSPS) is 17.1. The molecular formula is C15H12N4O2S. The van der Waals surface area contributed by atoms with Crippen LogP contribution in [-0.2, 0) is 4.79 Å². The first-order valence-electron chi connectivity index (χ1n) is 6.75. The average molecular weight is 312 g/mol. The van der Waals surface area contributed by atoms with Crippen LogP contribution < -0.4 is 15.4 Å². The van der Waals surface area contributed by atoms with Crippen molar-refractivity contribution in [2.24, 2.45) is 5.73 Å². The molecule has 1 aromatic carbocycles. The number of para-hydroxylation sites is 2. The summed E-state index contributed by atoms with van der Waals surface area (Å²) in [6.07, 6.45) is 0.824. The first kappa shape index (κ1) is 13.0. The average Bonchev–Trinajstić information content (AvgIpc) is 3.02. The molecule has 2 N–H and O–H groups in total. The molecule has 0 saturated carbocycles. The van der Waals surface area contributed by atoms with Crippen molar-refractivity contribution in [2.45, 2.75) is 6.10 Å². The van der Waals surface area contributed by atoms with Gasteiger partial charge in [-0.25, -0.2) is 9.97 Å². The Morgan fingerprint density at radius 3 is 3.05 bits per heavy atom. The Balaban J connectivity index is 1.89. The molecule has 6 nitrogen and oxygen atoms in total. The van der Waals surface area contributed by atoms with Crippen LogP contribution in [0.1, 0.15) is 0 Å². The predicted molar refractivity (Wildman–Crippen MR) is 84.5 cm³/mol. The van der Waals surface area contributed by atoms with Gasteiger partial charge in [-0.3, -0.25) is 4.79 Å². The van der Waals surface area contributed by atoms with E-state index in [4.69, 9.17) is 10.5 Å². The molecular weight excluding hydrogens is 300 g/mol. The maximum atomic E-state index is 11.6. The van der Waals surface area contributed by atoms with E-state index in [1.807, 2.05) is 40.6 Å². The smallest absolute Gasteiger partial charge is 0.260 e. The number of thiophene rings is 1. The van der Waals surface area contributed by atoms with Crippen molar-refractivity contribution in [1.82, 2.24) is 9.97 Å². The number of primary amides is 1. The van der Waals surface area contributed by atoms with Gasteiger partial charge in [-0.15, -0.1) is 11.3 Å². The van der Waals surface area contributed by atoms with Crippen LogP contribution in [0.3, 0.4) is 0 Å². The van der Waals surface area contributed by atoms with Crippen LogP contribution >= 0.6 is 11.3 Å². The number of amides is 1. The SMILES string of the molecule is NC(=O)C1CN(c2ncnc3sccc23)c2ccccc2O1. The van der Waals surface area contributed by atoms with Crippen molar-refractivity contribution in [2.75, 3.05) is 11.4 Å². The monoisotopic (exact) mass is 312 g/mol. The lowest BCUT2D eigenvalue weighted by molar-refractivity contribution is -0.124. The van der Waals surface area contributed by atoms with Gasteiger partial charge >= 0.3 is 0 Å². The number of hydrogen-bond donors (Lipinski definition) is 1. The molecule has 1 atom stereocenters. The summed E-state index contributed by atoms with van der Waals surface area (Å²) < 4.78 is 5.68. The van der Waals surface area contributed by atoms with Crippen LogP contribution in [-0.4, -0.2) is 28.5 Å². The summed E-state index contributed by atoms with van der Waals surface area (Å²) in [6.45, 7) is 0.328. The highest BCUT2D eigenvalue weighted by Crippen LogP contribution is 2.39. The molecule has 110 valence electrons. The number of fused-ring (bicyclic) bond motifs is 2. The summed E-state index contributed by atoms with van der Waals surface area (Å²) in [5.74, 6) is 0.892. The zero-order valence-electron chi connectivity index (χ0n) is 11.5. The van der Waals surface area contributed by atoms with Crippen LogP contribution in [0.15, 0.2) is 42.0 Å². The topological polar surface area (TPSA) is 81.3 Å². The van der Waals surface area contributed by atoms with Crippen molar-refractivity contribution in [3.63, 3.8) is 0 Å². The van der Waals surface area contributed by atoms with Gasteiger partial charge in [0.15, 0.2) is 6.10 Å². The standard InChI is InChI=1S/C15H12N4O2S/c16-13(20)12-7-19(10-3-1-2-4-11(10)21-12)14-9-5-6-22-15(9)18-8-17-14/h1-6,8,12H,7H2,(H2,16,20). The Kier molecular flexibility index (Phi) is 2.93. The molecule has 22 heavy (non-hydrogen) atoms. The lowest BCUT2D eigenvalue weighted by Gasteiger charge is -2.34. The minimum atomic E-state index is -0.710. The van der Waals surface area contributed by atoms with Crippen LogP contribution in [0.4, 0.5) is 11.5 Å². The van der Waals surface area contributed by atoms with Gasteiger partial charge in [-0.2, -0.15) is 0 Å². The van der Waals surface area contributed by atoms with Crippen molar-refractivity contribution in [3.8, 4) is 5.75 Å². The highest BCUT2D eigenvalue weighted by atomic mass is 32.1. The van der Waals surface area contributed by atoms with E-state index in [1.54, 1.807) is 11.3 Å². The maximum absolute atomic E-state index is 11.6. The molecule has 0 radical (unpaired) electrons. The van der Waals surface area contributed by atoms with Gasteiger partial charge in [-0.05, 0) is 23.6 Å². The molecule has 2 aromatic heterocycles. The van der Waals surface area contributed by atoms with E-state index in [1.165, 1.54) is 6.33 Å². The van der Waals surface area contributed by atoms with Gasteiger partial charge in [0.05, 0.1) is 17.6 Å². The molecule has 0 fully saturated rings. The van der Waals surface area contributed by atoms with E-state index in [0.29, 0.717) is 12.3 Å². The summed E-state index contributed by atoms with van der Waals surface area (Å²) >= 11 is 1.55. The fraction of sp³-hybridized carbons (Fsp3) is 0.133. The van der Waals surface area contributed by atoms with Gasteiger partial charge in [-0.1, -0.05) is 12.1 Å². The highest BCUT2D eigenvalue weighted by Gasteiger charge is 2.31. The van der Waals surface area contributed by atoms with Crippen molar-refractivity contribution in [3.05, 3.63) is 42.0 Å². The summed E-state index contributed by atoms with van der Waals surface area (Å²) in [5, 5.41) is 2.92. The van der Waals surface area contributed by atoms with Gasteiger partial charge < -0.3 is 15.4 Å². The first-order valence-corrected chi connectivity index (χ1v) is 7.63. The zero-order chi connectivity index (χ0) is 15.1. The quantitative estimate of drug-likeness (QED) is 0.783. The Labute approximate surface area is 130 Å². The molecule has 1 unspecified atom stereocenters. The fourth-order valence-corrected chi connectivity index (χ4v) is 3.30. The van der Waals surface area contributed by atoms with Gasteiger partial charge in [0.25, 0.3) is 5.91 Å². The number of hydrogen-bond acceptors (Lipinski definition) is 6. The van der Waals surface area contributed by atoms with E-state index in [2.05, 4.69) is 9.97 Å². The lowest BCUT2D eigenvalue weighted by atomic mass is 10.1. The predicted octanol–water partition coefficient (Wildman–Crippen LogP) is 2.08. The lowest BCUT2D eigenvalue weighted by Crippen LogP contribution is -2.45. The third-order valence-electron chi connectivity index (χ3n) is 3.59. The summed E-state index contributed by atoms with van der Waals surface area (Å²) in [4.78, 5) is 23.1. The van der Waals surface area contributed by atoms with E-state index >= 15 is 0 Å². The van der Waals surface area contributed by atoms with E-state index in [9.17, 15) is 4.79 Å². The highest BCUT2D eigenvalue weighted by molar-refractivity contribution is 7.16. The first-order chi connectivity index (χ1) is 10.7. The van der Waals surface area contributed by atoms with E-state index < -0.39 is 12.0 Å². The summed E-state index contributed by atoms with van der Waals surface area (Å²) in [7, 11) is 0. The Hall–Kier alpha value is -2.67. The fourth-order valence-electron chi connectivity index (χ4n) is 2.58. The molecule has 0 spiro atoms. The number of aromatic nitrogens is 2. The molecule has 0 bridgehead atoms. The number of ether oxygens (including phenoxy) is 1.